The van der Waals surface area contributed by atoms with Crippen LogP contribution in [-0.2, 0) is 11.2 Å². The van der Waals surface area contributed by atoms with E-state index in [0.29, 0.717) is 23.6 Å². The molecule has 1 atom stereocenters. The van der Waals surface area contributed by atoms with E-state index in [4.69, 9.17) is 9.47 Å². The molecular weight excluding hydrogens is 334 g/mol. The van der Waals surface area contributed by atoms with Crippen molar-refractivity contribution < 1.29 is 19.1 Å². The lowest BCUT2D eigenvalue weighted by atomic mass is 10.1. The Morgan fingerprint density at radius 3 is 2.54 bits per heavy atom. The minimum Gasteiger partial charge on any atom is -0.493 e. The maximum Gasteiger partial charge on any atom is 0.327 e. The summed E-state index contributed by atoms with van der Waals surface area (Å²) in [6.07, 6.45) is 0.471. The summed E-state index contributed by atoms with van der Waals surface area (Å²) in [5.41, 5.74) is 2.14. The van der Waals surface area contributed by atoms with E-state index in [2.05, 4.69) is 10.6 Å². The third kappa shape index (κ3) is 3.03. The molecule has 0 spiro atoms. The molecule has 26 heavy (non-hydrogen) atoms. The Bertz CT molecular complexity index is 837. The number of rotatable bonds is 4. The number of benzene rings is 2. The van der Waals surface area contributed by atoms with Gasteiger partial charge in [-0.2, -0.15) is 0 Å². The third-order valence-electron chi connectivity index (χ3n) is 4.39. The molecule has 1 aliphatic rings. The molecular formula is C19H21N3O4. The zero-order valence-electron chi connectivity index (χ0n) is 14.9. The van der Waals surface area contributed by atoms with Gasteiger partial charge in [0.15, 0.2) is 11.5 Å². The van der Waals surface area contributed by atoms with Crippen LogP contribution in [0.25, 0.3) is 0 Å². The monoisotopic (exact) mass is 355 g/mol. The predicted molar refractivity (Wildman–Crippen MR) is 99.0 cm³/mol. The van der Waals surface area contributed by atoms with Gasteiger partial charge in [0.2, 0.25) is 5.91 Å². The zero-order valence-corrected chi connectivity index (χ0v) is 14.9. The molecule has 0 aromatic heterocycles. The van der Waals surface area contributed by atoms with Gasteiger partial charge in [0.1, 0.15) is 6.04 Å². The number of para-hydroxylation sites is 2. The molecule has 1 heterocycles. The van der Waals surface area contributed by atoms with Crippen molar-refractivity contribution in [2.45, 2.75) is 12.5 Å². The van der Waals surface area contributed by atoms with Gasteiger partial charge < -0.3 is 20.1 Å². The molecule has 1 aliphatic heterocycles. The Morgan fingerprint density at radius 2 is 1.85 bits per heavy atom. The number of ether oxygens (including phenoxy) is 2. The molecule has 7 heteroatoms. The molecule has 3 amide bonds. The van der Waals surface area contributed by atoms with Crippen molar-refractivity contribution in [3.63, 3.8) is 0 Å². The van der Waals surface area contributed by atoms with Crippen LogP contribution in [0, 0.1) is 0 Å². The smallest absolute Gasteiger partial charge is 0.327 e. The highest BCUT2D eigenvalue weighted by molar-refractivity contribution is 6.09. The second kappa shape index (κ2) is 7.35. The van der Waals surface area contributed by atoms with Crippen LogP contribution in [0.2, 0.25) is 0 Å². The van der Waals surface area contributed by atoms with Gasteiger partial charge in [0.25, 0.3) is 0 Å². The highest BCUT2D eigenvalue weighted by Crippen LogP contribution is 2.37. The van der Waals surface area contributed by atoms with Crippen molar-refractivity contribution in [3.05, 3.63) is 48.0 Å². The van der Waals surface area contributed by atoms with Crippen molar-refractivity contribution in [1.29, 1.82) is 0 Å². The number of methoxy groups -OCH3 is 2. The van der Waals surface area contributed by atoms with Gasteiger partial charge in [-0.1, -0.05) is 24.3 Å². The maximum absolute atomic E-state index is 13.0. The normalized spacial score (nSPS) is 15.2. The molecule has 1 unspecified atom stereocenters. The third-order valence-corrected chi connectivity index (χ3v) is 4.39. The van der Waals surface area contributed by atoms with E-state index in [1.54, 1.807) is 25.2 Å². The summed E-state index contributed by atoms with van der Waals surface area (Å²) < 4.78 is 10.6. The molecule has 3 rings (SSSR count). The summed E-state index contributed by atoms with van der Waals surface area (Å²) in [6.45, 7) is 0. The van der Waals surface area contributed by atoms with E-state index in [1.165, 1.54) is 19.1 Å². The van der Waals surface area contributed by atoms with Crippen LogP contribution in [0.4, 0.5) is 16.2 Å². The average Bonchev–Trinajstić information content (AvgIpc) is 3.06. The number of carbonyl (C=O) groups is 2. The van der Waals surface area contributed by atoms with Crippen LogP contribution in [-0.4, -0.2) is 39.2 Å². The first-order valence-corrected chi connectivity index (χ1v) is 8.21. The largest absolute Gasteiger partial charge is 0.493 e. The first-order chi connectivity index (χ1) is 12.6. The van der Waals surface area contributed by atoms with Gasteiger partial charge in [-0.15, -0.1) is 0 Å². The summed E-state index contributed by atoms with van der Waals surface area (Å²) in [6, 6.07) is 11.7. The molecule has 2 aromatic rings. The summed E-state index contributed by atoms with van der Waals surface area (Å²) in [4.78, 5) is 26.8. The number of carbonyl (C=O) groups excluding carboxylic acids is 2. The fourth-order valence-corrected chi connectivity index (χ4v) is 3.17. The zero-order chi connectivity index (χ0) is 18.7. The van der Waals surface area contributed by atoms with Gasteiger partial charge in [-0.05, 0) is 23.8 Å². The lowest BCUT2D eigenvalue weighted by molar-refractivity contribution is -0.121. The van der Waals surface area contributed by atoms with E-state index in [1.807, 2.05) is 24.3 Å². The van der Waals surface area contributed by atoms with Crippen molar-refractivity contribution in [3.8, 4) is 11.5 Å². The van der Waals surface area contributed by atoms with Gasteiger partial charge in [-0.25, -0.2) is 4.79 Å². The molecule has 0 radical (unpaired) electrons. The first kappa shape index (κ1) is 17.6. The molecule has 136 valence electrons. The van der Waals surface area contributed by atoms with Gasteiger partial charge in [0, 0.05) is 19.2 Å². The van der Waals surface area contributed by atoms with Crippen LogP contribution in [0.5, 0.6) is 11.5 Å². The van der Waals surface area contributed by atoms with Crippen LogP contribution in [0.1, 0.15) is 5.56 Å². The predicted octanol–water partition coefficient (Wildman–Crippen LogP) is 2.41. The minimum absolute atomic E-state index is 0.214. The molecule has 2 N–H and O–H groups in total. The van der Waals surface area contributed by atoms with Crippen LogP contribution < -0.4 is 25.0 Å². The highest BCUT2D eigenvalue weighted by Gasteiger charge is 2.38. The number of hydrogen-bond donors (Lipinski definition) is 2. The van der Waals surface area contributed by atoms with Gasteiger partial charge in [0.05, 0.1) is 19.9 Å². The molecule has 7 nitrogen and oxygen atoms in total. The number of likely N-dealkylation sites (N-methyl/N-ethyl adjacent to an activating group) is 1. The molecule has 0 aliphatic carbocycles. The van der Waals surface area contributed by atoms with Crippen LogP contribution >= 0.6 is 0 Å². The van der Waals surface area contributed by atoms with Gasteiger partial charge >= 0.3 is 6.03 Å². The quantitative estimate of drug-likeness (QED) is 0.883. The summed E-state index contributed by atoms with van der Waals surface area (Å²) >= 11 is 0. The van der Waals surface area contributed by atoms with E-state index in [9.17, 15) is 9.59 Å². The average molecular weight is 355 g/mol. The Labute approximate surface area is 151 Å². The topological polar surface area (TPSA) is 79.9 Å². The van der Waals surface area contributed by atoms with Crippen LogP contribution in [0.3, 0.4) is 0 Å². The first-order valence-electron chi connectivity index (χ1n) is 8.21. The van der Waals surface area contributed by atoms with Crippen molar-refractivity contribution in [2.24, 2.45) is 0 Å². The Balaban J connectivity index is 1.94. The van der Waals surface area contributed by atoms with E-state index in [0.717, 1.165) is 11.3 Å². The number of fused-ring (bicyclic) bond motifs is 1. The number of urea groups is 1. The highest BCUT2D eigenvalue weighted by atomic mass is 16.5. The molecule has 0 bridgehead atoms. The minimum atomic E-state index is -0.603. The van der Waals surface area contributed by atoms with E-state index < -0.39 is 12.1 Å². The molecule has 0 fully saturated rings. The molecule has 2 aromatic carbocycles. The second-order valence-electron chi connectivity index (χ2n) is 5.80. The number of nitrogens with one attached hydrogen (secondary N) is 2. The molecule has 0 saturated carbocycles. The van der Waals surface area contributed by atoms with Crippen LogP contribution in [0.15, 0.2) is 42.5 Å². The SMILES string of the molecule is CNC(=O)C1Cc2ccccc2N1C(=O)Nc1cccc(OC)c1OC. The fraction of sp³-hybridized carbons (Fsp3) is 0.263. The van der Waals surface area contributed by atoms with E-state index >= 15 is 0 Å². The standard InChI is InChI=1S/C19H21N3O4/c1-20-18(23)15-11-12-7-4-5-9-14(12)22(15)19(24)21-13-8-6-10-16(25-2)17(13)26-3/h4-10,15H,11H2,1-3H3,(H,20,23)(H,21,24). The van der Waals surface area contributed by atoms with Crippen molar-refractivity contribution in [1.82, 2.24) is 5.32 Å². The van der Waals surface area contributed by atoms with Gasteiger partial charge in [-0.3, -0.25) is 9.69 Å². The summed E-state index contributed by atoms with van der Waals surface area (Å²) in [5, 5.41) is 5.46. The summed E-state index contributed by atoms with van der Waals surface area (Å²) in [7, 11) is 4.60. The Kier molecular flexibility index (Phi) is 4.97. The second-order valence-corrected chi connectivity index (χ2v) is 5.80. The van der Waals surface area contributed by atoms with E-state index in [-0.39, 0.29) is 5.91 Å². The number of amides is 3. The van der Waals surface area contributed by atoms with Crippen molar-refractivity contribution >= 4 is 23.3 Å². The summed E-state index contributed by atoms with van der Waals surface area (Å²) in [5.74, 6) is 0.719. The number of nitrogens with zero attached hydrogens (tertiary/aromatic N) is 1. The Morgan fingerprint density at radius 1 is 1.08 bits per heavy atom. The number of hydrogen-bond acceptors (Lipinski definition) is 4. The maximum atomic E-state index is 13.0. The number of anilines is 2. The Hall–Kier alpha value is -3.22. The lowest BCUT2D eigenvalue weighted by Gasteiger charge is -2.25. The fourth-order valence-electron chi connectivity index (χ4n) is 3.17. The van der Waals surface area contributed by atoms with Crippen molar-refractivity contribution in [2.75, 3.05) is 31.5 Å². The molecule has 0 saturated heterocycles. The lowest BCUT2D eigenvalue weighted by Crippen LogP contribution is -2.48.